The maximum Gasteiger partial charge on any atom is 2.00 e. The second kappa shape index (κ2) is 45.5. The third kappa shape index (κ3) is 21.2. The van der Waals surface area contributed by atoms with Crippen molar-refractivity contribution in [2.75, 3.05) is 0 Å². The maximum absolute atomic E-state index is 5.19. The van der Waals surface area contributed by atoms with E-state index in [-0.39, 0.29) is 84.3 Å². The van der Waals surface area contributed by atoms with E-state index in [1.807, 2.05) is 121 Å². The normalized spacial score (nSPS) is 11.9. The summed E-state index contributed by atoms with van der Waals surface area (Å²) in [4.78, 5) is 80.5. The smallest absolute Gasteiger partial charge is 0.661 e. The number of aromatic nitrogens is 16. The molecule has 16 aromatic heterocycles. The first-order valence-corrected chi connectivity index (χ1v) is 50.5. The van der Waals surface area contributed by atoms with Crippen LogP contribution in [0.25, 0.3) is 203 Å². The zero-order valence-corrected chi connectivity index (χ0v) is 92.6. The number of benzene rings is 6. The number of hydrogen-bond acceptors (Lipinski definition) is 10. The summed E-state index contributed by atoms with van der Waals surface area (Å²) in [5, 5.41) is 8.49. The molecular weight excluding hydrogens is 2550 g/mol. The van der Waals surface area contributed by atoms with E-state index in [4.69, 9.17) is 79.7 Å². The van der Waals surface area contributed by atoms with Crippen LogP contribution in [0.4, 0.5) is 0 Å². The molecule has 0 spiro atoms. The third-order valence-corrected chi connectivity index (χ3v) is 27.9. The van der Waals surface area contributed by atoms with Crippen LogP contribution in [0, 0.1) is 12.1 Å². The Bertz CT molecular complexity index is 8990. The van der Waals surface area contributed by atoms with Gasteiger partial charge in [-0.3, -0.25) is 9.97 Å². The molecule has 0 amide bonds. The van der Waals surface area contributed by atoms with Gasteiger partial charge in [-0.15, -0.1) is 78.8 Å². The van der Waals surface area contributed by atoms with E-state index in [2.05, 4.69) is 286 Å². The minimum absolute atomic E-state index is 0. The van der Waals surface area contributed by atoms with Gasteiger partial charge < -0.3 is 29.9 Å². The van der Waals surface area contributed by atoms with Crippen molar-refractivity contribution in [1.82, 2.24) is 79.7 Å². The van der Waals surface area contributed by atoms with Crippen LogP contribution in [0.1, 0.15) is 168 Å². The van der Waals surface area contributed by atoms with E-state index >= 15 is 0 Å². The molecule has 20 heteroatoms. The van der Waals surface area contributed by atoms with Gasteiger partial charge in [-0.2, -0.15) is 47.8 Å². The van der Waals surface area contributed by atoms with E-state index in [1.165, 1.54) is 44.5 Å². The van der Waals surface area contributed by atoms with Crippen molar-refractivity contribution in [2.24, 2.45) is 0 Å². The van der Waals surface area contributed by atoms with Crippen LogP contribution in [0.15, 0.2) is 303 Å². The number of nitrogens with zero attached hydrogens (tertiary/aromatic N) is 16. The Balaban J connectivity index is 0.000000125. The molecule has 36 bridgehead atoms. The average molecular weight is 2660 g/mol. The molecule has 0 radical (unpaired) electrons. The Morgan fingerprint density at radius 1 is 0.242 bits per heavy atom. The van der Waals surface area contributed by atoms with Crippen LogP contribution in [-0.2, 0) is 155 Å². The van der Waals surface area contributed by atoms with E-state index < -0.39 is 0 Å². The predicted molar refractivity (Wildman–Crippen MR) is 590 cm³/mol. The minimum Gasteiger partial charge on any atom is -0.661 e. The van der Waals surface area contributed by atoms with Crippen molar-refractivity contribution in [1.29, 1.82) is 0 Å². The summed E-state index contributed by atoms with van der Waals surface area (Å²) in [7, 11) is 0. The van der Waals surface area contributed by atoms with Gasteiger partial charge in [0.05, 0.1) is 95.7 Å². The summed E-state index contributed by atoms with van der Waals surface area (Å²) in [6.07, 6.45) is 22.5. The zero-order valence-electron chi connectivity index (χ0n) is 83.5. The molecule has 149 heavy (non-hydrogen) atoms. The molecule has 0 N–H and O–H groups in total. The molecule has 0 fully saturated rings. The van der Waals surface area contributed by atoms with Gasteiger partial charge in [0.25, 0.3) is 0 Å². The Labute approximate surface area is 923 Å². The van der Waals surface area contributed by atoms with Gasteiger partial charge in [-0.25, -0.2) is 51.0 Å². The van der Waals surface area contributed by atoms with Crippen LogP contribution in [0.5, 0.6) is 0 Å². The fourth-order valence-corrected chi connectivity index (χ4v) is 21.1. The summed E-state index contributed by atoms with van der Waals surface area (Å²) < 4.78 is 0. The van der Waals surface area contributed by atoms with E-state index in [9.17, 15) is 0 Å². The van der Waals surface area contributed by atoms with Crippen molar-refractivity contribution in [2.45, 2.75) is 126 Å². The Hall–Kier alpha value is -14.7. The molecule has 0 atom stereocenters. The minimum atomic E-state index is 0. The van der Waals surface area contributed by atoms with E-state index in [0.717, 1.165) is 316 Å². The molecule has 0 aliphatic carbocycles. The topological polar surface area (TPSA) is 213 Å². The standard InChI is InChI=1S/C39H23N5.C33H31N5.C33H32N4.C24H16N2.4Pt/c1-2-14-29-28(13-1)34-19-24-9-7-11-26(40-24)21-36-30-15-3-5-17-32(30)38(43-36)23-39-33-18-6-4-16-31(33)37(44-39)22-27-12-8-10-25(41-27)20-35(29)42-34;1-5-21-22(6-2)31-19-32-23(7-3)24(8-4)33(38-32)29-17-11-16-28(36-29)27-15-10-14-26(35-27)25-13-9-12-20(34-25)18-30(21)37-31;1-5-24-26(7-3)30-19-31-27(8-4)25(6-2)29(37-31)18-16-23-14-12-21-10-9-20-11-13-22(15-17-28(24)36-30)34-32(20)33(21)35-23;1-5-17-13-19(7-1)20-8-2-6-18(14-20)16-22-10-4-12-24(26-22)23-11-3-9-21(15-17)25-23;;;;/h1-23H;9-19H,5-8H2,1-4H3;9-18H,5-8,19H2,1-4H3;1-12H,15-16H2;;;;/q4*-2;4*+2. The summed E-state index contributed by atoms with van der Waals surface area (Å²) in [6.45, 7) is 17.7. The monoisotopic (exact) mass is 2650 g/mol. The van der Waals surface area contributed by atoms with Gasteiger partial charge in [0.1, 0.15) is 0 Å². The number of rotatable bonds is 8. The summed E-state index contributed by atoms with van der Waals surface area (Å²) in [5.41, 5.74) is 44.7. The summed E-state index contributed by atoms with van der Waals surface area (Å²) >= 11 is 0. The molecule has 0 saturated carbocycles. The third-order valence-electron chi connectivity index (χ3n) is 27.9. The number of fused-ring (bicyclic) bond motifs is 48. The van der Waals surface area contributed by atoms with Crippen molar-refractivity contribution < 1.29 is 84.3 Å². The van der Waals surface area contributed by atoms with E-state index in [0.29, 0.717) is 0 Å². The fourth-order valence-electron chi connectivity index (χ4n) is 21.1. The van der Waals surface area contributed by atoms with Gasteiger partial charge in [-0.1, -0.05) is 282 Å². The summed E-state index contributed by atoms with van der Waals surface area (Å²) in [6, 6.07) is 110. The first kappa shape index (κ1) is 103. The van der Waals surface area contributed by atoms with Gasteiger partial charge in [-0.05, 0) is 214 Å². The Morgan fingerprint density at radius 3 is 1.08 bits per heavy atom. The second-order valence-electron chi connectivity index (χ2n) is 36.9. The molecule has 0 saturated heterocycles. The van der Waals surface area contributed by atoms with Gasteiger partial charge in [0, 0.05) is 39.0 Å². The molecule has 4 aliphatic rings. The first-order chi connectivity index (χ1) is 71.3. The quantitative estimate of drug-likeness (QED) is 0.102. The van der Waals surface area contributed by atoms with Gasteiger partial charge in [0.2, 0.25) is 0 Å². The average Bonchev–Trinajstić information content (AvgIpc) is 1.77. The molecule has 26 rings (SSSR count). The molecule has 22 aromatic rings. The van der Waals surface area contributed by atoms with Crippen LogP contribution in [-0.4, -0.2) is 49.8 Å². The fraction of sp³-hybridized carbons (Fsp3) is 0.147. The molecular formula is C129H102N16Pt4. The molecule has 0 unspecified atom stereocenters. The molecule has 6 aromatic carbocycles. The molecule has 738 valence electrons. The van der Waals surface area contributed by atoms with Crippen LogP contribution in [0.3, 0.4) is 0 Å². The number of pyridine rings is 9. The van der Waals surface area contributed by atoms with Crippen LogP contribution in [0.2, 0.25) is 0 Å². The van der Waals surface area contributed by atoms with Crippen LogP contribution >= 0.6 is 0 Å². The van der Waals surface area contributed by atoms with Crippen LogP contribution < -0.4 is 40.6 Å². The molecule has 20 heterocycles. The largest absolute Gasteiger partial charge is 2.00 e. The van der Waals surface area contributed by atoms with Gasteiger partial charge >= 0.3 is 84.3 Å². The van der Waals surface area contributed by atoms with Gasteiger partial charge in [0.15, 0.2) is 0 Å². The van der Waals surface area contributed by atoms with Crippen molar-refractivity contribution in [3.8, 4) is 79.2 Å². The van der Waals surface area contributed by atoms with E-state index in [1.54, 1.807) is 0 Å². The molecule has 16 nitrogen and oxygen atoms in total. The zero-order chi connectivity index (χ0) is 98.1. The Kier molecular flexibility index (Phi) is 31.4. The maximum atomic E-state index is 5.19. The summed E-state index contributed by atoms with van der Waals surface area (Å²) in [5.74, 6) is 0. The van der Waals surface area contributed by atoms with Crippen molar-refractivity contribution >= 4 is 124 Å². The number of hydrogen-bond donors (Lipinski definition) is 0. The molecule has 4 aliphatic heterocycles. The van der Waals surface area contributed by atoms with Crippen molar-refractivity contribution in [3.05, 3.63) is 439 Å². The Morgan fingerprint density at radius 2 is 0.611 bits per heavy atom. The predicted octanol–water partition coefficient (Wildman–Crippen LogP) is 26.3. The SMILES string of the molecule is CCc1c2[n-]c(c1CC)-c1cccc(n1)-c1cccc(n1)-c1cccc(n1)C=c1[n-]c(c(CC)c1CC)=C2.CCc1c2[n-]c(c1CC)Cc1[n-]c(c(CC)c1CC)C=Cc1ccc3ccc4ccc(nc4c3n1)C=C2.[Pt+2].[Pt+2].[Pt+2].[Pt+2].[c-]1c2cccc1-c1[c-]c(ccc1)Cc1cccc(n1)-c1cccc(n1)C2.c1ccc2c(c1)-c1cc3cccc(cc4[n-]c(cc5cccc(cc6[n-]c(cc-2n1)c1ccccc61)n5)c1ccccc41)n3. The first-order valence-electron chi connectivity index (χ1n) is 50.5. The second-order valence-corrected chi connectivity index (χ2v) is 36.9. The van der Waals surface area contributed by atoms with Crippen molar-refractivity contribution in [3.63, 3.8) is 0 Å².